The number of thiazole rings is 1. The van der Waals surface area contributed by atoms with E-state index < -0.39 is 0 Å². The van der Waals surface area contributed by atoms with E-state index in [0.717, 1.165) is 17.1 Å². The fraction of sp³-hybridized carbons (Fsp3) is 0.455. The summed E-state index contributed by atoms with van der Waals surface area (Å²) in [6.07, 6.45) is 5.26. The van der Waals surface area contributed by atoms with Gasteiger partial charge in [0.15, 0.2) is 4.96 Å². The highest BCUT2D eigenvalue weighted by Gasteiger charge is 2.13. The quantitative estimate of drug-likeness (QED) is 0.796. The Balaban J connectivity index is 2.12. The molecule has 0 aliphatic rings. The number of rotatable bonds is 4. The zero-order valence-corrected chi connectivity index (χ0v) is 9.75. The van der Waals surface area contributed by atoms with Crippen LogP contribution < -0.4 is 0 Å². The third kappa shape index (κ3) is 2.09. The summed E-state index contributed by atoms with van der Waals surface area (Å²) >= 11 is 1.59. The van der Waals surface area contributed by atoms with Crippen LogP contribution in [0.15, 0.2) is 17.8 Å². The van der Waals surface area contributed by atoms with Crippen molar-refractivity contribution in [1.82, 2.24) is 9.38 Å². The van der Waals surface area contributed by atoms with Crippen LogP contribution in [0.3, 0.4) is 0 Å². The van der Waals surface area contributed by atoms with Gasteiger partial charge in [0.2, 0.25) is 0 Å². The van der Waals surface area contributed by atoms with Gasteiger partial charge in [0, 0.05) is 23.7 Å². The van der Waals surface area contributed by atoms with Gasteiger partial charge >= 0.3 is 0 Å². The number of aromatic nitrogens is 2. The summed E-state index contributed by atoms with van der Waals surface area (Å²) in [6, 6.07) is 0. The van der Waals surface area contributed by atoms with Crippen LogP contribution in [0, 0.1) is 5.92 Å². The zero-order chi connectivity index (χ0) is 10.8. The molecule has 0 amide bonds. The Hall–Kier alpha value is -1.16. The third-order valence-corrected chi connectivity index (χ3v) is 3.43. The summed E-state index contributed by atoms with van der Waals surface area (Å²) in [6.45, 7) is 4.01. The minimum absolute atomic E-state index is 0.143. The van der Waals surface area contributed by atoms with Crippen molar-refractivity contribution < 1.29 is 4.79 Å². The van der Waals surface area contributed by atoms with E-state index in [0.29, 0.717) is 6.42 Å². The molecule has 0 aliphatic carbocycles. The summed E-state index contributed by atoms with van der Waals surface area (Å²) in [5.74, 6) is 0.424. The van der Waals surface area contributed by atoms with Crippen molar-refractivity contribution in [3.05, 3.63) is 23.5 Å². The highest BCUT2D eigenvalue weighted by Crippen LogP contribution is 2.13. The average Bonchev–Trinajstić information content (AvgIpc) is 2.76. The molecule has 1 atom stereocenters. The molecule has 3 nitrogen and oxygen atoms in total. The number of carbonyl (C=O) groups is 1. The van der Waals surface area contributed by atoms with Crippen LogP contribution in [0.2, 0.25) is 0 Å². The molecule has 0 saturated heterocycles. The van der Waals surface area contributed by atoms with E-state index in [-0.39, 0.29) is 11.7 Å². The minimum Gasteiger partial charge on any atom is -0.299 e. The maximum Gasteiger partial charge on any atom is 0.193 e. The standard InChI is InChI=1S/C11H14N2OS/c1-3-8(2)10(14)6-9-7-13-4-5-15-11(13)12-9/h4-5,7-8H,3,6H2,1-2H3. The Bertz CT molecular complexity index is 443. The van der Waals surface area contributed by atoms with Crippen molar-refractivity contribution in [2.75, 3.05) is 0 Å². The molecule has 0 bridgehead atoms. The summed E-state index contributed by atoms with van der Waals surface area (Å²) in [7, 11) is 0. The van der Waals surface area contributed by atoms with Gasteiger partial charge < -0.3 is 0 Å². The number of ketones is 1. The molecular formula is C11H14N2OS. The van der Waals surface area contributed by atoms with Gasteiger partial charge in [-0.3, -0.25) is 9.20 Å². The molecule has 0 saturated carbocycles. The first kappa shape index (κ1) is 10.4. The largest absolute Gasteiger partial charge is 0.299 e. The molecule has 2 heterocycles. The minimum atomic E-state index is 0.143. The lowest BCUT2D eigenvalue weighted by Crippen LogP contribution is -2.12. The second kappa shape index (κ2) is 4.14. The number of nitrogens with zero attached hydrogens (tertiary/aromatic N) is 2. The van der Waals surface area contributed by atoms with Crippen LogP contribution in [0.5, 0.6) is 0 Å². The Labute approximate surface area is 92.8 Å². The number of hydrogen-bond donors (Lipinski definition) is 0. The second-order valence-corrected chi connectivity index (χ2v) is 4.65. The smallest absolute Gasteiger partial charge is 0.193 e. The first-order valence-electron chi connectivity index (χ1n) is 5.14. The van der Waals surface area contributed by atoms with Crippen LogP contribution in [0.4, 0.5) is 0 Å². The molecule has 2 rings (SSSR count). The number of hydrogen-bond acceptors (Lipinski definition) is 3. The molecule has 0 aromatic carbocycles. The van der Waals surface area contributed by atoms with Gasteiger partial charge in [-0.1, -0.05) is 13.8 Å². The lowest BCUT2D eigenvalue weighted by atomic mass is 10.0. The summed E-state index contributed by atoms with van der Waals surface area (Å²) < 4.78 is 1.96. The summed E-state index contributed by atoms with van der Waals surface area (Å²) in [4.78, 5) is 17.0. The molecule has 0 spiro atoms. The molecule has 0 radical (unpaired) electrons. The van der Waals surface area contributed by atoms with Gasteiger partial charge in [0.1, 0.15) is 5.78 Å². The molecule has 2 aromatic heterocycles. The predicted octanol–water partition coefficient (Wildman–Crippen LogP) is 2.55. The Morgan fingerprint density at radius 3 is 3.13 bits per heavy atom. The van der Waals surface area contributed by atoms with E-state index in [1.54, 1.807) is 11.3 Å². The van der Waals surface area contributed by atoms with Gasteiger partial charge in [-0.25, -0.2) is 4.98 Å². The first-order valence-corrected chi connectivity index (χ1v) is 6.02. The highest BCUT2D eigenvalue weighted by molar-refractivity contribution is 7.15. The molecule has 15 heavy (non-hydrogen) atoms. The zero-order valence-electron chi connectivity index (χ0n) is 8.93. The van der Waals surface area contributed by atoms with E-state index in [9.17, 15) is 4.79 Å². The number of fused-ring (bicyclic) bond motifs is 1. The van der Waals surface area contributed by atoms with Crippen LogP contribution in [0.1, 0.15) is 26.0 Å². The molecular weight excluding hydrogens is 208 g/mol. The van der Waals surface area contributed by atoms with E-state index in [1.165, 1.54) is 0 Å². The number of carbonyl (C=O) groups excluding carboxylic acids is 1. The Kier molecular flexibility index (Phi) is 2.86. The molecule has 0 fully saturated rings. The lowest BCUT2D eigenvalue weighted by molar-refractivity contribution is -0.121. The number of imidazole rings is 1. The monoisotopic (exact) mass is 222 g/mol. The van der Waals surface area contributed by atoms with Crippen molar-refractivity contribution in [2.45, 2.75) is 26.7 Å². The molecule has 0 aliphatic heterocycles. The van der Waals surface area contributed by atoms with Gasteiger partial charge in [0.05, 0.1) is 12.1 Å². The third-order valence-electron chi connectivity index (χ3n) is 2.66. The fourth-order valence-electron chi connectivity index (χ4n) is 1.44. The average molecular weight is 222 g/mol. The van der Waals surface area contributed by atoms with Crippen molar-refractivity contribution in [2.24, 2.45) is 5.92 Å². The molecule has 4 heteroatoms. The maximum atomic E-state index is 11.7. The van der Waals surface area contributed by atoms with Crippen LogP contribution in [-0.2, 0) is 11.2 Å². The van der Waals surface area contributed by atoms with Crippen molar-refractivity contribution in [3.8, 4) is 0 Å². The lowest BCUT2D eigenvalue weighted by Gasteiger charge is -2.04. The van der Waals surface area contributed by atoms with E-state index in [2.05, 4.69) is 4.98 Å². The normalized spacial score (nSPS) is 13.2. The van der Waals surface area contributed by atoms with Crippen LogP contribution >= 0.6 is 11.3 Å². The van der Waals surface area contributed by atoms with Crippen molar-refractivity contribution in [3.63, 3.8) is 0 Å². The Morgan fingerprint density at radius 1 is 1.67 bits per heavy atom. The van der Waals surface area contributed by atoms with E-state index in [1.807, 2.05) is 36.0 Å². The van der Waals surface area contributed by atoms with Crippen molar-refractivity contribution in [1.29, 1.82) is 0 Å². The fourth-order valence-corrected chi connectivity index (χ4v) is 2.16. The van der Waals surface area contributed by atoms with Gasteiger partial charge in [-0.05, 0) is 6.42 Å². The van der Waals surface area contributed by atoms with Gasteiger partial charge in [-0.2, -0.15) is 0 Å². The number of Topliss-reactive ketones (excluding diaryl/α,β-unsaturated/α-hetero) is 1. The summed E-state index contributed by atoms with van der Waals surface area (Å²) in [5, 5.41) is 1.99. The molecule has 2 aromatic rings. The van der Waals surface area contributed by atoms with Crippen LogP contribution in [0.25, 0.3) is 4.96 Å². The first-order chi connectivity index (χ1) is 7.20. The molecule has 80 valence electrons. The van der Waals surface area contributed by atoms with Crippen LogP contribution in [-0.4, -0.2) is 15.2 Å². The van der Waals surface area contributed by atoms with Gasteiger partial charge in [0.25, 0.3) is 0 Å². The SMILES string of the molecule is CCC(C)C(=O)Cc1cn2ccsc2n1. The van der Waals surface area contributed by atoms with Crippen molar-refractivity contribution >= 4 is 22.1 Å². The Morgan fingerprint density at radius 2 is 2.47 bits per heavy atom. The summed E-state index contributed by atoms with van der Waals surface area (Å²) in [5.41, 5.74) is 0.882. The topological polar surface area (TPSA) is 34.4 Å². The van der Waals surface area contributed by atoms with Gasteiger partial charge in [-0.15, -0.1) is 11.3 Å². The highest BCUT2D eigenvalue weighted by atomic mass is 32.1. The van der Waals surface area contributed by atoms with E-state index >= 15 is 0 Å². The predicted molar refractivity (Wildman–Crippen MR) is 61.2 cm³/mol. The maximum absolute atomic E-state index is 11.7. The second-order valence-electron chi connectivity index (χ2n) is 3.78. The van der Waals surface area contributed by atoms with E-state index in [4.69, 9.17) is 0 Å². The molecule has 0 N–H and O–H groups in total. The molecule has 1 unspecified atom stereocenters.